The molecule has 0 spiro atoms. The van der Waals surface area contributed by atoms with E-state index in [0.717, 1.165) is 12.1 Å². The Balaban J connectivity index is 1.48. The minimum absolute atomic E-state index is 0.00654. The first kappa shape index (κ1) is 27.5. The number of rotatable bonds is 5. The number of aliphatic hydroxyl groups excluding tert-OH is 1. The third-order valence-corrected chi connectivity index (χ3v) is 7.90. The molecule has 0 radical (unpaired) electrons. The zero-order valence-corrected chi connectivity index (χ0v) is 21.9. The normalized spacial score (nSPS) is 21.5. The summed E-state index contributed by atoms with van der Waals surface area (Å²) in [6, 6.07) is 2.36. The standard InChI is InChI=1S/C24H32F2N4O6S/c1-24(2,3)36-23(32)30-9-7-14(8-10-30)18-13-35-21-19(37(33,34)28-18)12-29(4)20(21)22(31)27-15-5-6-16(25)17(26)11-15/h5-6,11-12,14,18,23,28,32H,7-10,13H2,1-4H3,(H,27,31). The van der Waals surface area contributed by atoms with Crippen LogP contribution in [0.15, 0.2) is 29.3 Å². The number of nitrogens with zero attached hydrogens (tertiary/aromatic N) is 2. The number of sulfonamides is 1. The maximum Gasteiger partial charge on any atom is 0.276 e. The second kappa shape index (κ2) is 10.3. The molecular formula is C24H32F2N4O6S. The Morgan fingerprint density at radius 1 is 1.24 bits per heavy atom. The summed E-state index contributed by atoms with van der Waals surface area (Å²) in [5.41, 5.74) is -0.568. The van der Waals surface area contributed by atoms with Crippen molar-refractivity contribution in [2.45, 2.75) is 56.6 Å². The van der Waals surface area contributed by atoms with Crippen molar-refractivity contribution in [3.63, 3.8) is 0 Å². The highest BCUT2D eigenvalue weighted by molar-refractivity contribution is 7.89. The van der Waals surface area contributed by atoms with Gasteiger partial charge in [0.05, 0.1) is 11.6 Å². The Kier molecular flexibility index (Phi) is 7.64. The number of hydrogen-bond donors (Lipinski definition) is 3. The smallest absolute Gasteiger partial charge is 0.276 e. The van der Waals surface area contributed by atoms with E-state index in [1.165, 1.54) is 23.9 Å². The van der Waals surface area contributed by atoms with Gasteiger partial charge in [0, 0.05) is 38.1 Å². The maximum atomic E-state index is 13.6. The lowest BCUT2D eigenvalue weighted by Crippen LogP contribution is -2.50. The second-order valence-corrected chi connectivity index (χ2v) is 12.0. The molecule has 13 heteroatoms. The molecule has 3 heterocycles. The Morgan fingerprint density at radius 2 is 1.92 bits per heavy atom. The molecule has 204 valence electrons. The first-order valence-electron chi connectivity index (χ1n) is 12.0. The largest absolute Gasteiger partial charge is 0.488 e. The molecule has 10 nitrogen and oxygen atoms in total. The van der Waals surface area contributed by atoms with Gasteiger partial charge in [-0.1, -0.05) is 0 Å². The minimum Gasteiger partial charge on any atom is -0.488 e. The molecule has 1 amide bonds. The molecule has 1 aromatic heterocycles. The monoisotopic (exact) mass is 542 g/mol. The summed E-state index contributed by atoms with van der Waals surface area (Å²) in [5, 5.41) is 12.8. The van der Waals surface area contributed by atoms with Gasteiger partial charge in [0.15, 0.2) is 23.1 Å². The van der Waals surface area contributed by atoms with Crippen LogP contribution in [0.25, 0.3) is 0 Å². The van der Waals surface area contributed by atoms with Crippen LogP contribution in [0.5, 0.6) is 5.75 Å². The van der Waals surface area contributed by atoms with Crippen molar-refractivity contribution in [1.29, 1.82) is 0 Å². The van der Waals surface area contributed by atoms with E-state index in [9.17, 15) is 27.1 Å². The summed E-state index contributed by atoms with van der Waals surface area (Å²) in [5.74, 6) is -3.09. The molecule has 3 N–H and O–H groups in total. The number of nitrogens with one attached hydrogen (secondary N) is 2. The van der Waals surface area contributed by atoms with E-state index in [-0.39, 0.29) is 34.6 Å². The van der Waals surface area contributed by atoms with Gasteiger partial charge in [-0.2, -0.15) is 0 Å². The molecule has 0 saturated carbocycles. The number of hydrogen-bond acceptors (Lipinski definition) is 7. The molecule has 1 saturated heterocycles. The van der Waals surface area contributed by atoms with Gasteiger partial charge in [0.1, 0.15) is 11.5 Å². The number of piperidine rings is 1. The lowest BCUT2D eigenvalue weighted by Gasteiger charge is -2.39. The SMILES string of the molecule is Cn1cc2c(c1C(=O)Nc1ccc(F)c(F)c1)OCC(C1CCN(C(O)OC(C)(C)C)CC1)NS2(=O)=O. The van der Waals surface area contributed by atoms with Crippen LogP contribution in [0.1, 0.15) is 44.1 Å². The topological polar surface area (TPSA) is 122 Å². The number of carbonyl (C=O) groups excluding carboxylic acids is 1. The number of fused-ring (bicyclic) bond motifs is 1. The van der Waals surface area contributed by atoms with Crippen LogP contribution in [-0.2, 0) is 21.8 Å². The summed E-state index contributed by atoms with van der Waals surface area (Å²) in [6.07, 6.45) is 1.43. The van der Waals surface area contributed by atoms with Gasteiger partial charge in [-0.05, 0) is 51.7 Å². The molecule has 2 atom stereocenters. The van der Waals surface area contributed by atoms with Crippen molar-refractivity contribution >= 4 is 21.6 Å². The fourth-order valence-electron chi connectivity index (χ4n) is 4.57. The Morgan fingerprint density at radius 3 is 2.54 bits per heavy atom. The highest BCUT2D eigenvalue weighted by Gasteiger charge is 2.39. The van der Waals surface area contributed by atoms with E-state index >= 15 is 0 Å². The first-order chi connectivity index (χ1) is 17.2. The molecule has 2 aliphatic rings. The van der Waals surface area contributed by atoms with E-state index in [0.29, 0.717) is 25.9 Å². The van der Waals surface area contributed by atoms with Crippen molar-refractivity contribution in [3.05, 3.63) is 41.7 Å². The van der Waals surface area contributed by atoms with Crippen LogP contribution in [0.3, 0.4) is 0 Å². The third-order valence-electron chi connectivity index (χ3n) is 6.41. The summed E-state index contributed by atoms with van der Waals surface area (Å²) in [6.45, 7) is 6.57. The van der Waals surface area contributed by atoms with Crippen LogP contribution in [0, 0.1) is 17.6 Å². The summed E-state index contributed by atoms with van der Waals surface area (Å²) in [4.78, 5) is 14.6. The van der Waals surface area contributed by atoms with Gasteiger partial charge in [0.25, 0.3) is 5.91 Å². The number of carbonyl (C=O) groups is 1. The molecule has 0 bridgehead atoms. The Hall–Kier alpha value is -2.58. The van der Waals surface area contributed by atoms with Crippen molar-refractivity contribution in [1.82, 2.24) is 14.2 Å². The van der Waals surface area contributed by atoms with E-state index in [2.05, 4.69) is 10.0 Å². The van der Waals surface area contributed by atoms with Crippen LogP contribution in [0.4, 0.5) is 14.5 Å². The van der Waals surface area contributed by atoms with Gasteiger partial charge >= 0.3 is 0 Å². The predicted octanol–water partition coefficient (Wildman–Crippen LogP) is 2.40. The Labute approximate surface area is 214 Å². The van der Waals surface area contributed by atoms with Crippen LogP contribution in [0.2, 0.25) is 0 Å². The summed E-state index contributed by atoms with van der Waals surface area (Å²) < 4.78 is 68.8. The number of anilines is 1. The van der Waals surface area contributed by atoms with Gasteiger partial charge in [-0.15, -0.1) is 0 Å². The molecule has 1 fully saturated rings. The molecule has 0 aliphatic carbocycles. The number of aromatic nitrogens is 1. The first-order valence-corrected chi connectivity index (χ1v) is 13.4. The average Bonchev–Trinajstić information content (AvgIpc) is 3.09. The molecule has 37 heavy (non-hydrogen) atoms. The molecule has 2 aromatic rings. The quantitative estimate of drug-likeness (QED) is 0.496. The fourth-order valence-corrected chi connectivity index (χ4v) is 6.05. The van der Waals surface area contributed by atoms with Gasteiger partial charge in [-0.25, -0.2) is 21.9 Å². The zero-order chi connectivity index (χ0) is 27.1. The maximum absolute atomic E-state index is 13.6. The number of benzene rings is 1. The highest BCUT2D eigenvalue weighted by Crippen LogP contribution is 2.35. The van der Waals surface area contributed by atoms with Crippen molar-refractivity contribution in [2.24, 2.45) is 13.0 Å². The zero-order valence-electron chi connectivity index (χ0n) is 21.1. The molecule has 2 aliphatic heterocycles. The van der Waals surface area contributed by atoms with E-state index in [1.54, 1.807) is 4.90 Å². The molecule has 2 unspecified atom stereocenters. The summed E-state index contributed by atoms with van der Waals surface area (Å²) in [7, 11) is -2.53. The van der Waals surface area contributed by atoms with Gasteiger partial charge < -0.3 is 24.5 Å². The molecule has 4 rings (SSSR count). The van der Waals surface area contributed by atoms with Gasteiger partial charge in [-0.3, -0.25) is 9.69 Å². The lowest BCUT2D eigenvalue weighted by atomic mass is 9.90. The van der Waals surface area contributed by atoms with Crippen LogP contribution in [-0.4, -0.2) is 66.7 Å². The molecular weight excluding hydrogens is 510 g/mol. The predicted molar refractivity (Wildman–Crippen MR) is 130 cm³/mol. The van der Waals surface area contributed by atoms with E-state index in [1.807, 2.05) is 20.8 Å². The van der Waals surface area contributed by atoms with Crippen LogP contribution >= 0.6 is 0 Å². The second-order valence-electron chi connectivity index (χ2n) is 10.3. The van der Waals surface area contributed by atoms with E-state index < -0.39 is 45.6 Å². The van der Waals surface area contributed by atoms with Crippen molar-refractivity contribution in [3.8, 4) is 5.75 Å². The number of likely N-dealkylation sites (tertiary alicyclic amines) is 1. The number of halogens is 2. The highest BCUT2D eigenvalue weighted by atomic mass is 32.2. The number of aryl methyl sites for hydroxylation is 1. The van der Waals surface area contributed by atoms with Crippen LogP contribution < -0.4 is 14.8 Å². The summed E-state index contributed by atoms with van der Waals surface area (Å²) >= 11 is 0. The average molecular weight is 543 g/mol. The third kappa shape index (κ3) is 6.12. The molecule has 1 aromatic carbocycles. The number of ether oxygens (including phenoxy) is 2. The number of amides is 1. The minimum atomic E-state index is -4.02. The number of aliphatic hydroxyl groups is 1. The fraction of sp³-hybridized carbons (Fsp3) is 0.542. The van der Waals surface area contributed by atoms with E-state index in [4.69, 9.17) is 9.47 Å². The lowest BCUT2D eigenvalue weighted by molar-refractivity contribution is -0.243. The van der Waals surface area contributed by atoms with Gasteiger partial charge in [0.2, 0.25) is 16.4 Å². The van der Waals surface area contributed by atoms with Crippen molar-refractivity contribution in [2.75, 3.05) is 25.0 Å². The Bertz CT molecular complexity index is 1270. The van der Waals surface area contributed by atoms with Crippen molar-refractivity contribution < 1.29 is 36.6 Å².